The summed E-state index contributed by atoms with van der Waals surface area (Å²) < 4.78 is 0. The zero-order valence-electron chi connectivity index (χ0n) is 8.60. The van der Waals surface area contributed by atoms with Crippen molar-refractivity contribution in [3.05, 3.63) is 0 Å². The molecule has 1 nitrogen and oxygen atoms in total. The van der Waals surface area contributed by atoms with Crippen LogP contribution in [0.15, 0.2) is 0 Å². The number of hydrogen-bond donors (Lipinski definition) is 1. The van der Waals surface area contributed by atoms with Gasteiger partial charge < -0.3 is 5.32 Å². The molecule has 0 aromatic rings. The molecule has 1 aliphatic heterocycles. The van der Waals surface area contributed by atoms with Crippen molar-refractivity contribution in [3.63, 3.8) is 0 Å². The quantitative estimate of drug-likeness (QED) is 0.682. The van der Waals surface area contributed by atoms with Gasteiger partial charge in [-0.05, 0) is 44.2 Å². The van der Waals surface area contributed by atoms with Crippen molar-refractivity contribution >= 4 is 0 Å². The van der Waals surface area contributed by atoms with Crippen molar-refractivity contribution in [1.29, 1.82) is 0 Å². The lowest BCUT2D eigenvalue weighted by molar-refractivity contribution is 0.293. The minimum Gasteiger partial charge on any atom is -0.316 e. The molecule has 0 saturated carbocycles. The molecular formula is C11H23N. The van der Waals surface area contributed by atoms with Gasteiger partial charge in [0.15, 0.2) is 0 Å². The zero-order chi connectivity index (χ0) is 8.81. The second kappa shape index (κ2) is 5.58. The van der Waals surface area contributed by atoms with Crippen LogP contribution in [-0.4, -0.2) is 13.1 Å². The molecule has 0 radical (unpaired) electrons. The van der Waals surface area contributed by atoms with E-state index in [0.717, 1.165) is 11.8 Å². The highest BCUT2D eigenvalue weighted by atomic mass is 14.9. The second-order valence-electron chi connectivity index (χ2n) is 4.13. The van der Waals surface area contributed by atoms with Crippen molar-refractivity contribution in [3.8, 4) is 0 Å². The lowest BCUT2D eigenvalue weighted by atomic mass is 9.86. The van der Waals surface area contributed by atoms with E-state index in [1.165, 1.54) is 45.2 Å². The number of rotatable bonds is 4. The molecule has 1 saturated heterocycles. The Morgan fingerprint density at radius 1 is 1.33 bits per heavy atom. The molecule has 1 N–H and O–H groups in total. The van der Waals surface area contributed by atoms with Crippen LogP contribution in [-0.2, 0) is 0 Å². The average molecular weight is 169 g/mol. The van der Waals surface area contributed by atoms with E-state index in [-0.39, 0.29) is 0 Å². The van der Waals surface area contributed by atoms with Crippen LogP contribution in [0.3, 0.4) is 0 Å². The minimum atomic E-state index is 0.976. The van der Waals surface area contributed by atoms with Gasteiger partial charge in [0.1, 0.15) is 0 Å². The smallest absolute Gasteiger partial charge is 0.00204 e. The summed E-state index contributed by atoms with van der Waals surface area (Å²) in [5.74, 6) is 1.96. The van der Waals surface area contributed by atoms with Gasteiger partial charge in [0.25, 0.3) is 0 Å². The molecule has 1 fully saturated rings. The van der Waals surface area contributed by atoms with Crippen LogP contribution in [0.25, 0.3) is 0 Å². The number of hydrogen-bond acceptors (Lipinski definition) is 1. The Balaban J connectivity index is 2.18. The topological polar surface area (TPSA) is 12.0 Å². The van der Waals surface area contributed by atoms with Crippen LogP contribution in [0, 0.1) is 11.8 Å². The highest BCUT2D eigenvalue weighted by Gasteiger charge is 2.16. The first-order valence-corrected chi connectivity index (χ1v) is 5.57. The Kier molecular flexibility index (Phi) is 4.67. The Hall–Kier alpha value is -0.0400. The second-order valence-corrected chi connectivity index (χ2v) is 4.13. The van der Waals surface area contributed by atoms with E-state index in [4.69, 9.17) is 0 Å². The molecule has 0 aromatic heterocycles. The molecule has 0 aliphatic carbocycles. The van der Waals surface area contributed by atoms with Crippen LogP contribution in [0.4, 0.5) is 0 Å². The Morgan fingerprint density at radius 2 is 2.08 bits per heavy atom. The van der Waals surface area contributed by atoms with Gasteiger partial charge in [0, 0.05) is 0 Å². The van der Waals surface area contributed by atoms with Crippen LogP contribution in [0.2, 0.25) is 0 Å². The first-order chi connectivity index (χ1) is 5.86. The summed E-state index contributed by atoms with van der Waals surface area (Å²) in [5, 5.41) is 3.49. The number of piperidine rings is 1. The van der Waals surface area contributed by atoms with E-state index >= 15 is 0 Å². The van der Waals surface area contributed by atoms with E-state index in [2.05, 4.69) is 19.2 Å². The molecule has 1 heteroatoms. The SMILES string of the molecule is CCC(CC)C[C@H]1CCCNC1. The third-order valence-electron chi connectivity index (χ3n) is 3.22. The summed E-state index contributed by atoms with van der Waals surface area (Å²) in [4.78, 5) is 0. The lowest BCUT2D eigenvalue weighted by Gasteiger charge is -2.26. The molecule has 0 amide bonds. The Bertz CT molecular complexity index is 102. The van der Waals surface area contributed by atoms with Gasteiger partial charge in [-0.1, -0.05) is 26.7 Å². The van der Waals surface area contributed by atoms with Crippen LogP contribution in [0.5, 0.6) is 0 Å². The van der Waals surface area contributed by atoms with Crippen LogP contribution in [0.1, 0.15) is 46.0 Å². The van der Waals surface area contributed by atoms with Crippen molar-refractivity contribution in [2.45, 2.75) is 46.0 Å². The van der Waals surface area contributed by atoms with Crippen molar-refractivity contribution in [2.75, 3.05) is 13.1 Å². The normalized spacial score (nSPS) is 24.8. The van der Waals surface area contributed by atoms with Gasteiger partial charge >= 0.3 is 0 Å². The fraction of sp³-hybridized carbons (Fsp3) is 1.00. The Labute approximate surface area is 76.9 Å². The summed E-state index contributed by atoms with van der Waals surface area (Å²) in [7, 11) is 0. The van der Waals surface area contributed by atoms with Gasteiger partial charge in [0.05, 0.1) is 0 Å². The first-order valence-electron chi connectivity index (χ1n) is 5.57. The van der Waals surface area contributed by atoms with Crippen LogP contribution >= 0.6 is 0 Å². The van der Waals surface area contributed by atoms with Gasteiger partial charge in [-0.2, -0.15) is 0 Å². The summed E-state index contributed by atoms with van der Waals surface area (Å²) in [6, 6.07) is 0. The van der Waals surface area contributed by atoms with E-state index in [0.29, 0.717) is 0 Å². The monoisotopic (exact) mass is 169 g/mol. The maximum absolute atomic E-state index is 3.49. The first kappa shape index (κ1) is 10.0. The highest BCUT2D eigenvalue weighted by Crippen LogP contribution is 2.23. The molecule has 0 aromatic carbocycles. The van der Waals surface area contributed by atoms with E-state index in [1.54, 1.807) is 0 Å². The van der Waals surface area contributed by atoms with Crippen molar-refractivity contribution in [1.82, 2.24) is 5.32 Å². The molecule has 0 bridgehead atoms. The fourth-order valence-corrected chi connectivity index (χ4v) is 2.22. The molecule has 0 unspecified atom stereocenters. The summed E-state index contributed by atoms with van der Waals surface area (Å²) in [6.07, 6.45) is 7.05. The third-order valence-corrected chi connectivity index (χ3v) is 3.22. The van der Waals surface area contributed by atoms with Gasteiger partial charge in [-0.15, -0.1) is 0 Å². The Morgan fingerprint density at radius 3 is 2.58 bits per heavy atom. The van der Waals surface area contributed by atoms with E-state index < -0.39 is 0 Å². The highest BCUT2D eigenvalue weighted by molar-refractivity contribution is 4.71. The molecule has 1 rings (SSSR count). The van der Waals surface area contributed by atoms with E-state index in [9.17, 15) is 0 Å². The van der Waals surface area contributed by atoms with E-state index in [1.807, 2.05) is 0 Å². The van der Waals surface area contributed by atoms with Crippen molar-refractivity contribution in [2.24, 2.45) is 11.8 Å². The maximum atomic E-state index is 3.49. The molecule has 12 heavy (non-hydrogen) atoms. The maximum Gasteiger partial charge on any atom is -0.00204 e. The summed E-state index contributed by atoms with van der Waals surface area (Å²) in [5.41, 5.74) is 0. The average Bonchev–Trinajstić information content (AvgIpc) is 2.16. The molecular weight excluding hydrogens is 146 g/mol. The van der Waals surface area contributed by atoms with Gasteiger partial charge in [-0.25, -0.2) is 0 Å². The molecule has 1 heterocycles. The standard InChI is InChI=1S/C11H23N/c1-3-10(4-2)8-11-6-5-7-12-9-11/h10-12H,3-9H2,1-2H3/t11-/m1/s1. The van der Waals surface area contributed by atoms with Crippen molar-refractivity contribution < 1.29 is 0 Å². The summed E-state index contributed by atoms with van der Waals surface area (Å²) >= 11 is 0. The molecule has 1 atom stereocenters. The minimum absolute atomic E-state index is 0.976. The zero-order valence-corrected chi connectivity index (χ0v) is 8.60. The fourth-order valence-electron chi connectivity index (χ4n) is 2.22. The molecule has 0 spiro atoms. The number of nitrogens with one attached hydrogen (secondary N) is 1. The predicted molar refractivity (Wildman–Crippen MR) is 54.3 cm³/mol. The molecule has 72 valence electrons. The molecule has 1 aliphatic rings. The predicted octanol–water partition coefficient (Wildman–Crippen LogP) is 2.81. The third kappa shape index (κ3) is 3.14. The summed E-state index contributed by atoms with van der Waals surface area (Å²) in [6.45, 7) is 7.17. The lowest BCUT2D eigenvalue weighted by Crippen LogP contribution is -2.30. The van der Waals surface area contributed by atoms with Gasteiger partial charge in [-0.3, -0.25) is 0 Å². The largest absolute Gasteiger partial charge is 0.316 e. The van der Waals surface area contributed by atoms with Gasteiger partial charge in [0.2, 0.25) is 0 Å². The van der Waals surface area contributed by atoms with Crippen LogP contribution < -0.4 is 5.32 Å².